The van der Waals surface area contributed by atoms with Gasteiger partial charge in [0.25, 0.3) is 5.91 Å². The van der Waals surface area contributed by atoms with E-state index in [1.54, 1.807) is 6.08 Å². The molecule has 0 spiro atoms. The summed E-state index contributed by atoms with van der Waals surface area (Å²) in [5, 5.41) is 11.5. The summed E-state index contributed by atoms with van der Waals surface area (Å²) in [5.41, 5.74) is 0.711. The highest BCUT2D eigenvalue weighted by atomic mass is 19.4. The molecule has 1 N–H and O–H groups in total. The molecule has 2 saturated carbocycles. The topological polar surface area (TPSA) is 60.9 Å². The van der Waals surface area contributed by atoms with E-state index in [1.165, 1.54) is 6.92 Å². The second kappa shape index (κ2) is 11.9. The predicted molar refractivity (Wildman–Crippen MR) is 170 cm³/mol. The number of aliphatic hydroxyl groups is 1. The number of benzene rings is 2. The fraction of sp³-hybridized carbons (Fsp3) is 0.526. The van der Waals surface area contributed by atoms with Gasteiger partial charge in [-0.2, -0.15) is 22.0 Å². The maximum atomic E-state index is 15.3. The molecule has 1 aliphatic heterocycles. The molecule has 4 aliphatic carbocycles. The van der Waals surface area contributed by atoms with E-state index >= 15 is 8.78 Å². The van der Waals surface area contributed by atoms with Gasteiger partial charge in [-0.15, -0.1) is 0 Å². The van der Waals surface area contributed by atoms with Crippen LogP contribution in [0.15, 0.2) is 77.4 Å². The molecule has 10 heteroatoms. The van der Waals surface area contributed by atoms with Gasteiger partial charge in [0.05, 0.1) is 0 Å². The fourth-order valence-electron chi connectivity index (χ4n) is 9.70. The van der Waals surface area contributed by atoms with Gasteiger partial charge in [-0.1, -0.05) is 55.0 Å². The molecule has 0 bridgehead atoms. The van der Waals surface area contributed by atoms with Crippen molar-refractivity contribution >= 4 is 11.7 Å². The van der Waals surface area contributed by atoms with Crippen molar-refractivity contribution in [2.75, 3.05) is 26.2 Å². The lowest BCUT2D eigenvalue weighted by Crippen LogP contribution is -2.65. The fourth-order valence-corrected chi connectivity index (χ4v) is 9.70. The number of ketones is 1. The third-order valence-corrected chi connectivity index (χ3v) is 12.2. The van der Waals surface area contributed by atoms with Gasteiger partial charge in [0.2, 0.25) is 0 Å². The van der Waals surface area contributed by atoms with Crippen molar-refractivity contribution in [1.29, 1.82) is 0 Å². The van der Waals surface area contributed by atoms with Gasteiger partial charge in [-0.05, 0) is 90.8 Å². The lowest BCUT2D eigenvalue weighted by atomic mass is 9.50. The lowest BCUT2D eigenvalue weighted by molar-refractivity contribution is -0.362. The molecule has 5 nitrogen and oxygen atoms in total. The van der Waals surface area contributed by atoms with Crippen LogP contribution >= 0.6 is 0 Å². The van der Waals surface area contributed by atoms with Crippen LogP contribution in [0.2, 0.25) is 0 Å². The molecule has 0 radical (unpaired) electrons. The number of alkyl halides is 5. The maximum Gasteiger partial charge on any atom is 0.456 e. The summed E-state index contributed by atoms with van der Waals surface area (Å²) >= 11 is 0. The van der Waals surface area contributed by atoms with Gasteiger partial charge in [-0.3, -0.25) is 14.5 Å². The van der Waals surface area contributed by atoms with Crippen LogP contribution in [-0.2, 0) is 11.3 Å². The number of fused-ring (bicyclic) bond motifs is 4. The molecule has 5 aliphatic rings. The SMILES string of the molecule is C[C@]12C[C@H](c3ccc(CN4CCN(C(=O)c5ccccc5)CC4)cc3)C3=C4CCC(=O)C=C4CC[C@H]3[C@@H]1CC[C@]2(O)C(F)(F)C(F)(F)F. The first kappa shape index (κ1) is 33.1. The summed E-state index contributed by atoms with van der Waals surface area (Å²) in [6.07, 6.45) is -2.73. The number of carbonyl (C=O) groups is 2. The van der Waals surface area contributed by atoms with Crippen LogP contribution in [0.4, 0.5) is 22.0 Å². The van der Waals surface area contributed by atoms with Crippen LogP contribution in [0, 0.1) is 17.3 Å². The van der Waals surface area contributed by atoms with Crippen molar-refractivity contribution in [3.8, 4) is 0 Å². The van der Waals surface area contributed by atoms with E-state index < -0.39 is 41.4 Å². The zero-order valence-electron chi connectivity index (χ0n) is 27.0. The predicted octanol–water partition coefficient (Wildman–Crippen LogP) is 7.47. The quantitative estimate of drug-likeness (QED) is 0.336. The Balaban J connectivity index is 1.15. The summed E-state index contributed by atoms with van der Waals surface area (Å²) in [6.45, 7) is 4.73. The number of hydrogen-bond acceptors (Lipinski definition) is 4. The number of amides is 1. The number of carbonyl (C=O) groups excluding carboxylic acids is 2. The molecule has 3 fully saturated rings. The van der Waals surface area contributed by atoms with Crippen LogP contribution in [0.25, 0.3) is 0 Å². The zero-order chi connectivity index (χ0) is 34.1. The normalized spacial score (nSPS) is 31.2. The molecular formula is C38H41F5N2O3. The second-order valence-electron chi connectivity index (χ2n) is 14.6. The first-order chi connectivity index (χ1) is 22.7. The number of hydrogen-bond donors (Lipinski definition) is 1. The van der Waals surface area contributed by atoms with E-state index in [4.69, 9.17) is 0 Å². The van der Waals surface area contributed by atoms with Crippen LogP contribution in [0.1, 0.15) is 79.3 Å². The van der Waals surface area contributed by atoms with E-state index in [0.717, 1.165) is 27.8 Å². The highest BCUT2D eigenvalue weighted by molar-refractivity contribution is 5.94. The molecule has 1 amide bonds. The Morgan fingerprint density at radius 1 is 0.917 bits per heavy atom. The standard InChI is InChI=1S/C38H41F5N2O3/c1-35-22-31(25-9-7-24(8-10-25)23-44-17-19-45(20-18-44)34(47)26-5-3-2-4-6-26)33-29-14-12-28(46)21-27(29)11-13-30(33)32(35)15-16-36(35,48)37(39,40)38(41,42)43/h2-10,21,30-32,48H,11-20,22-23H2,1H3/t30-,31+,32-,35-,36+/m0/s1. The van der Waals surface area contributed by atoms with Gasteiger partial charge < -0.3 is 10.0 Å². The Hall–Kier alpha value is -3.37. The number of allylic oxidation sites excluding steroid dienone is 4. The molecule has 1 heterocycles. The Kier molecular flexibility index (Phi) is 8.22. The highest BCUT2D eigenvalue weighted by Gasteiger charge is 2.79. The maximum absolute atomic E-state index is 15.3. The lowest BCUT2D eigenvalue weighted by Gasteiger charge is -2.56. The molecular weight excluding hydrogens is 627 g/mol. The monoisotopic (exact) mass is 668 g/mol. The van der Waals surface area contributed by atoms with E-state index in [-0.39, 0.29) is 30.4 Å². The second-order valence-corrected chi connectivity index (χ2v) is 14.6. The molecule has 1 saturated heterocycles. The van der Waals surface area contributed by atoms with E-state index in [1.807, 2.05) is 59.5 Å². The molecule has 0 unspecified atom stereocenters. The summed E-state index contributed by atoms with van der Waals surface area (Å²) in [5.74, 6) is -6.42. The largest absolute Gasteiger partial charge is 0.456 e. The third-order valence-electron chi connectivity index (χ3n) is 12.2. The zero-order valence-corrected chi connectivity index (χ0v) is 27.0. The van der Waals surface area contributed by atoms with Crippen molar-refractivity contribution < 1.29 is 36.6 Å². The van der Waals surface area contributed by atoms with Crippen molar-refractivity contribution in [1.82, 2.24) is 9.80 Å². The Bertz CT molecular complexity index is 1640. The molecule has 48 heavy (non-hydrogen) atoms. The van der Waals surface area contributed by atoms with Crippen LogP contribution < -0.4 is 0 Å². The molecule has 7 rings (SSSR count). The van der Waals surface area contributed by atoms with Gasteiger partial charge >= 0.3 is 12.1 Å². The van der Waals surface area contributed by atoms with Crippen molar-refractivity contribution in [3.05, 3.63) is 94.1 Å². The van der Waals surface area contributed by atoms with Crippen molar-refractivity contribution in [2.24, 2.45) is 17.3 Å². The first-order valence-electron chi connectivity index (χ1n) is 17.0. The third kappa shape index (κ3) is 5.25. The molecule has 5 atom stereocenters. The smallest absolute Gasteiger partial charge is 0.383 e. The van der Waals surface area contributed by atoms with Gasteiger partial charge in [0, 0.05) is 56.0 Å². The van der Waals surface area contributed by atoms with Gasteiger partial charge in [0.15, 0.2) is 5.78 Å². The number of rotatable bonds is 5. The Morgan fingerprint density at radius 3 is 2.27 bits per heavy atom. The summed E-state index contributed by atoms with van der Waals surface area (Å²) < 4.78 is 72.1. The number of nitrogens with zero attached hydrogens (tertiary/aromatic N) is 2. The summed E-state index contributed by atoms with van der Waals surface area (Å²) in [7, 11) is 0. The number of piperazine rings is 1. The minimum Gasteiger partial charge on any atom is -0.383 e. The van der Waals surface area contributed by atoms with E-state index in [0.29, 0.717) is 64.0 Å². The highest BCUT2D eigenvalue weighted by Crippen LogP contribution is 2.70. The Labute approximate surface area is 277 Å². The average molecular weight is 669 g/mol. The van der Waals surface area contributed by atoms with E-state index in [2.05, 4.69) is 4.90 Å². The first-order valence-corrected chi connectivity index (χ1v) is 17.0. The molecule has 2 aromatic rings. The van der Waals surface area contributed by atoms with Crippen LogP contribution in [0.5, 0.6) is 0 Å². The van der Waals surface area contributed by atoms with Gasteiger partial charge in [-0.25, -0.2) is 0 Å². The molecule has 256 valence electrons. The van der Waals surface area contributed by atoms with Crippen LogP contribution in [-0.4, -0.2) is 70.5 Å². The summed E-state index contributed by atoms with van der Waals surface area (Å²) in [6, 6.07) is 17.1. The number of halogens is 5. The van der Waals surface area contributed by atoms with Crippen molar-refractivity contribution in [2.45, 2.75) is 82.0 Å². The average Bonchev–Trinajstić information content (AvgIpc) is 3.35. The summed E-state index contributed by atoms with van der Waals surface area (Å²) in [4.78, 5) is 29.3. The van der Waals surface area contributed by atoms with Crippen molar-refractivity contribution in [3.63, 3.8) is 0 Å². The molecule has 2 aromatic carbocycles. The minimum atomic E-state index is -5.87. The Morgan fingerprint density at radius 2 is 1.60 bits per heavy atom. The minimum absolute atomic E-state index is 0.0156. The van der Waals surface area contributed by atoms with E-state index in [9.17, 15) is 27.9 Å². The molecule has 0 aromatic heterocycles. The van der Waals surface area contributed by atoms with Gasteiger partial charge in [0.1, 0.15) is 5.60 Å². The van der Waals surface area contributed by atoms with Crippen LogP contribution in [0.3, 0.4) is 0 Å².